The summed E-state index contributed by atoms with van der Waals surface area (Å²) in [5, 5.41) is 8.30. The van der Waals surface area contributed by atoms with Gasteiger partial charge in [0.15, 0.2) is 6.73 Å². The van der Waals surface area contributed by atoms with Crippen LogP contribution in [0.5, 0.6) is 5.75 Å². The quantitative estimate of drug-likeness (QED) is 0.466. The normalized spacial score (nSPS) is 10.9. The Kier molecular flexibility index (Phi) is 5.61. The van der Waals surface area contributed by atoms with Gasteiger partial charge in [-0.1, -0.05) is 37.3 Å². The molecule has 2 aromatic heterocycles. The molecule has 1 amide bonds. The second-order valence-corrected chi connectivity index (χ2v) is 6.95. The van der Waals surface area contributed by atoms with Crippen LogP contribution in [0.1, 0.15) is 24.5 Å². The maximum Gasteiger partial charge on any atom is 0.224 e. The number of rotatable bonds is 8. The number of aromatic nitrogens is 3. The monoisotopic (exact) mass is 388 g/mol. The zero-order chi connectivity index (χ0) is 20.1. The van der Waals surface area contributed by atoms with Gasteiger partial charge in [-0.3, -0.25) is 4.79 Å². The topological polar surface area (TPSA) is 71.9 Å². The smallest absolute Gasteiger partial charge is 0.224 e. The molecule has 6 heteroatoms. The molecule has 2 aromatic carbocycles. The molecule has 6 nitrogen and oxygen atoms in total. The highest BCUT2D eigenvalue weighted by Crippen LogP contribution is 2.19. The number of carbonyl (C=O) groups excluding carboxylic acids is 1. The zero-order valence-corrected chi connectivity index (χ0v) is 16.4. The van der Waals surface area contributed by atoms with E-state index in [0.717, 1.165) is 28.6 Å². The molecule has 0 aliphatic carbocycles. The highest BCUT2D eigenvalue weighted by molar-refractivity contribution is 5.91. The summed E-state index contributed by atoms with van der Waals surface area (Å²) in [6.07, 6.45) is 7.47. The zero-order valence-electron chi connectivity index (χ0n) is 16.4. The number of benzene rings is 2. The predicted octanol–water partition coefficient (Wildman–Crippen LogP) is 4.53. The van der Waals surface area contributed by atoms with Gasteiger partial charge in [0.25, 0.3) is 0 Å². The molecule has 0 saturated heterocycles. The maximum absolute atomic E-state index is 12.3. The van der Waals surface area contributed by atoms with Crippen molar-refractivity contribution in [3.05, 3.63) is 78.2 Å². The molecule has 4 aromatic rings. The van der Waals surface area contributed by atoms with E-state index >= 15 is 0 Å². The van der Waals surface area contributed by atoms with Gasteiger partial charge in [-0.05, 0) is 42.2 Å². The predicted molar refractivity (Wildman–Crippen MR) is 114 cm³/mol. The van der Waals surface area contributed by atoms with Crippen molar-refractivity contribution in [2.24, 2.45) is 0 Å². The number of carbonyl (C=O) groups is 1. The number of hydrogen-bond acceptors (Lipinski definition) is 3. The van der Waals surface area contributed by atoms with Crippen molar-refractivity contribution >= 4 is 22.5 Å². The lowest BCUT2D eigenvalue weighted by Gasteiger charge is -2.06. The fourth-order valence-electron chi connectivity index (χ4n) is 3.27. The number of para-hydroxylation sites is 1. The van der Waals surface area contributed by atoms with Crippen molar-refractivity contribution in [1.82, 2.24) is 14.8 Å². The Hall–Kier alpha value is -3.54. The van der Waals surface area contributed by atoms with Crippen LogP contribution in [0.15, 0.2) is 67.1 Å². The number of H-pyrrole nitrogens is 1. The fourth-order valence-corrected chi connectivity index (χ4v) is 3.27. The summed E-state index contributed by atoms with van der Waals surface area (Å²) >= 11 is 0. The van der Waals surface area contributed by atoms with Crippen molar-refractivity contribution in [2.75, 3.05) is 5.32 Å². The third-order valence-electron chi connectivity index (χ3n) is 4.91. The fraction of sp³-hybridized carbons (Fsp3) is 0.217. The first kappa shape index (κ1) is 18.8. The number of nitrogens with one attached hydrogen (secondary N) is 2. The summed E-state index contributed by atoms with van der Waals surface area (Å²) in [6.45, 7) is 2.41. The summed E-state index contributed by atoms with van der Waals surface area (Å²) in [5.74, 6) is 0.757. The minimum atomic E-state index is -0.0362. The van der Waals surface area contributed by atoms with Gasteiger partial charge in [-0.25, -0.2) is 4.68 Å². The number of fused-ring (bicyclic) bond motifs is 1. The summed E-state index contributed by atoms with van der Waals surface area (Å²) < 4.78 is 7.39. The van der Waals surface area contributed by atoms with Crippen LogP contribution in [-0.4, -0.2) is 20.7 Å². The number of hydrogen-bond donors (Lipinski definition) is 2. The summed E-state index contributed by atoms with van der Waals surface area (Å²) in [6, 6.07) is 16.1. The van der Waals surface area contributed by atoms with Crippen LogP contribution in [0.4, 0.5) is 5.69 Å². The molecule has 2 heterocycles. The molecule has 4 rings (SSSR count). The van der Waals surface area contributed by atoms with Crippen LogP contribution in [0.25, 0.3) is 10.9 Å². The SMILES string of the molecule is CCc1ccc(OCn2cc(NC(=O)CCc3c[nH]c4ccccc34)cn2)cc1. The lowest BCUT2D eigenvalue weighted by molar-refractivity contribution is -0.116. The number of nitrogens with zero attached hydrogens (tertiary/aromatic N) is 2. The van der Waals surface area contributed by atoms with Gasteiger partial charge in [0.2, 0.25) is 5.91 Å². The van der Waals surface area contributed by atoms with Gasteiger partial charge in [0, 0.05) is 23.5 Å². The second-order valence-electron chi connectivity index (χ2n) is 6.95. The molecule has 0 aliphatic heterocycles. The van der Waals surface area contributed by atoms with Crippen LogP contribution in [0, 0.1) is 0 Å². The van der Waals surface area contributed by atoms with E-state index in [1.807, 2.05) is 36.5 Å². The average Bonchev–Trinajstić information content (AvgIpc) is 3.38. The van der Waals surface area contributed by atoms with Gasteiger partial charge in [-0.15, -0.1) is 0 Å². The summed E-state index contributed by atoms with van der Waals surface area (Å²) in [7, 11) is 0. The molecule has 0 unspecified atom stereocenters. The van der Waals surface area contributed by atoms with E-state index in [-0.39, 0.29) is 12.6 Å². The van der Waals surface area contributed by atoms with Crippen LogP contribution in [0.2, 0.25) is 0 Å². The Morgan fingerprint density at radius 2 is 2.00 bits per heavy atom. The highest BCUT2D eigenvalue weighted by atomic mass is 16.5. The van der Waals surface area contributed by atoms with E-state index in [4.69, 9.17) is 4.74 Å². The number of ether oxygens (including phenoxy) is 1. The van der Waals surface area contributed by atoms with Crippen LogP contribution < -0.4 is 10.1 Å². The number of aryl methyl sites for hydroxylation is 2. The van der Waals surface area contributed by atoms with E-state index in [0.29, 0.717) is 18.5 Å². The van der Waals surface area contributed by atoms with Crippen LogP contribution in [-0.2, 0) is 24.4 Å². The molecule has 0 bridgehead atoms. The first-order valence-electron chi connectivity index (χ1n) is 9.80. The van der Waals surface area contributed by atoms with Crippen molar-refractivity contribution in [3.63, 3.8) is 0 Å². The van der Waals surface area contributed by atoms with Gasteiger partial charge in [0.05, 0.1) is 18.1 Å². The molecular formula is C23H24N4O2. The molecule has 0 saturated carbocycles. The first-order valence-corrected chi connectivity index (χ1v) is 9.80. The molecule has 0 fully saturated rings. The van der Waals surface area contributed by atoms with Crippen molar-refractivity contribution in [1.29, 1.82) is 0 Å². The number of amides is 1. The summed E-state index contributed by atoms with van der Waals surface area (Å²) in [4.78, 5) is 15.5. The molecule has 0 radical (unpaired) electrons. The molecule has 148 valence electrons. The standard InChI is InChI=1S/C23H24N4O2/c1-2-17-7-10-20(11-8-17)29-16-27-15-19(14-25-27)26-23(28)12-9-18-13-24-22-6-4-3-5-21(18)22/h3-8,10-11,13-15,24H,2,9,12,16H2,1H3,(H,26,28). The van der Waals surface area contributed by atoms with Gasteiger partial charge < -0.3 is 15.0 Å². The molecule has 29 heavy (non-hydrogen) atoms. The van der Waals surface area contributed by atoms with Gasteiger partial charge >= 0.3 is 0 Å². The van der Waals surface area contributed by atoms with Crippen LogP contribution >= 0.6 is 0 Å². The lowest BCUT2D eigenvalue weighted by atomic mass is 10.1. The van der Waals surface area contributed by atoms with Gasteiger partial charge in [0.1, 0.15) is 5.75 Å². The Balaban J connectivity index is 1.27. The Morgan fingerprint density at radius 1 is 1.17 bits per heavy atom. The summed E-state index contributed by atoms with van der Waals surface area (Å²) in [5.41, 5.74) is 4.18. The van der Waals surface area contributed by atoms with E-state index in [2.05, 4.69) is 40.5 Å². The second kappa shape index (κ2) is 8.65. The molecular weight excluding hydrogens is 364 g/mol. The third kappa shape index (κ3) is 4.66. The van der Waals surface area contributed by atoms with Crippen LogP contribution in [0.3, 0.4) is 0 Å². The van der Waals surface area contributed by atoms with Crippen molar-refractivity contribution in [2.45, 2.75) is 32.9 Å². The van der Waals surface area contributed by atoms with Crippen molar-refractivity contribution in [3.8, 4) is 5.75 Å². The minimum Gasteiger partial charge on any atom is -0.471 e. The molecule has 0 spiro atoms. The minimum absolute atomic E-state index is 0.0362. The first-order chi connectivity index (χ1) is 14.2. The number of anilines is 1. The average molecular weight is 388 g/mol. The number of aromatic amines is 1. The largest absolute Gasteiger partial charge is 0.471 e. The Morgan fingerprint density at radius 3 is 2.83 bits per heavy atom. The highest BCUT2D eigenvalue weighted by Gasteiger charge is 2.08. The van der Waals surface area contributed by atoms with Crippen molar-refractivity contribution < 1.29 is 9.53 Å². The molecule has 2 N–H and O–H groups in total. The van der Waals surface area contributed by atoms with Gasteiger partial charge in [-0.2, -0.15) is 5.10 Å². The molecule has 0 atom stereocenters. The maximum atomic E-state index is 12.3. The van der Waals surface area contributed by atoms with E-state index in [9.17, 15) is 4.79 Å². The third-order valence-corrected chi connectivity index (χ3v) is 4.91. The van der Waals surface area contributed by atoms with E-state index in [1.165, 1.54) is 5.56 Å². The Bertz CT molecular complexity index is 1100. The van der Waals surface area contributed by atoms with E-state index < -0.39 is 0 Å². The Labute approximate surface area is 169 Å². The molecule has 0 aliphatic rings. The lowest BCUT2D eigenvalue weighted by Crippen LogP contribution is -2.12. The van der Waals surface area contributed by atoms with E-state index in [1.54, 1.807) is 17.1 Å².